The number of benzene rings is 1. The second kappa shape index (κ2) is 5.82. The van der Waals surface area contributed by atoms with Gasteiger partial charge < -0.3 is 9.64 Å². The van der Waals surface area contributed by atoms with Gasteiger partial charge >= 0.3 is 5.97 Å². The van der Waals surface area contributed by atoms with Crippen LogP contribution in [0.2, 0.25) is 0 Å². The van der Waals surface area contributed by atoms with Gasteiger partial charge in [0, 0.05) is 6.04 Å². The van der Waals surface area contributed by atoms with Gasteiger partial charge in [-0.05, 0) is 39.1 Å². The van der Waals surface area contributed by atoms with Crippen molar-refractivity contribution in [1.29, 1.82) is 0 Å². The molecule has 0 bridgehead atoms. The number of carbonyl (C=O) groups excluding carboxylic acids is 1. The third-order valence-corrected chi connectivity index (χ3v) is 3.00. The monoisotopic (exact) mass is 235 g/mol. The fourth-order valence-corrected chi connectivity index (χ4v) is 1.93. The molecule has 3 nitrogen and oxygen atoms in total. The zero-order valence-electron chi connectivity index (χ0n) is 11.3. The Hall–Kier alpha value is -1.35. The minimum absolute atomic E-state index is 0.0716. The summed E-state index contributed by atoms with van der Waals surface area (Å²) in [6, 6.07) is 6.40. The highest BCUT2D eigenvalue weighted by atomic mass is 16.5. The molecule has 1 rings (SSSR count). The molecule has 0 saturated carbocycles. The number of hydrogen-bond acceptors (Lipinski definition) is 3. The number of rotatable bonds is 4. The van der Waals surface area contributed by atoms with Gasteiger partial charge in [0.1, 0.15) is 0 Å². The predicted molar refractivity (Wildman–Crippen MR) is 69.0 cm³/mol. The Labute approximate surface area is 103 Å². The lowest BCUT2D eigenvalue weighted by molar-refractivity contribution is -0.141. The largest absolute Gasteiger partial charge is 0.469 e. The zero-order chi connectivity index (χ0) is 13.0. The van der Waals surface area contributed by atoms with Crippen LogP contribution in [0.3, 0.4) is 0 Å². The van der Waals surface area contributed by atoms with E-state index in [1.807, 2.05) is 14.1 Å². The Bertz CT molecular complexity index is 399. The van der Waals surface area contributed by atoms with E-state index in [0.717, 1.165) is 0 Å². The molecule has 0 aliphatic carbocycles. The van der Waals surface area contributed by atoms with Crippen LogP contribution in [0.4, 0.5) is 0 Å². The van der Waals surface area contributed by atoms with Gasteiger partial charge in [0.2, 0.25) is 0 Å². The van der Waals surface area contributed by atoms with Gasteiger partial charge in [0.25, 0.3) is 0 Å². The van der Waals surface area contributed by atoms with Crippen LogP contribution in [-0.4, -0.2) is 32.1 Å². The van der Waals surface area contributed by atoms with Crippen LogP contribution in [0, 0.1) is 13.8 Å². The Morgan fingerprint density at radius 2 is 2.00 bits per heavy atom. The van der Waals surface area contributed by atoms with E-state index in [1.165, 1.54) is 23.8 Å². The molecule has 0 aromatic heterocycles. The van der Waals surface area contributed by atoms with Crippen LogP contribution < -0.4 is 0 Å². The average molecular weight is 235 g/mol. The van der Waals surface area contributed by atoms with Crippen LogP contribution in [0.15, 0.2) is 18.2 Å². The lowest BCUT2D eigenvalue weighted by Gasteiger charge is -2.25. The summed E-state index contributed by atoms with van der Waals surface area (Å²) in [6.07, 6.45) is 0.383. The lowest BCUT2D eigenvalue weighted by atomic mass is 9.96. The standard InChI is InChI=1S/C14H21NO2/c1-10-6-7-11(2)12(8-10)13(15(3)4)9-14(16)17-5/h6-8,13H,9H2,1-5H3. The number of hydrogen-bond donors (Lipinski definition) is 0. The minimum Gasteiger partial charge on any atom is -0.469 e. The summed E-state index contributed by atoms with van der Waals surface area (Å²) in [4.78, 5) is 13.5. The summed E-state index contributed by atoms with van der Waals surface area (Å²) < 4.78 is 4.76. The maximum absolute atomic E-state index is 11.4. The summed E-state index contributed by atoms with van der Waals surface area (Å²) >= 11 is 0. The number of ether oxygens (including phenoxy) is 1. The quantitative estimate of drug-likeness (QED) is 0.751. The molecule has 3 heteroatoms. The Morgan fingerprint density at radius 1 is 1.35 bits per heavy atom. The summed E-state index contributed by atoms with van der Waals surface area (Å²) in [5.41, 5.74) is 3.61. The first-order chi connectivity index (χ1) is 7.95. The summed E-state index contributed by atoms with van der Waals surface area (Å²) in [5, 5.41) is 0. The molecule has 94 valence electrons. The first kappa shape index (κ1) is 13.7. The van der Waals surface area contributed by atoms with Crippen LogP contribution in [0.25, 0.3) is 0 Å². The molecule has 1 aromatic carbocycles. The van der Waals surface area contributed by atoms with Crippen LogP contribution in [-0.2, 0) is 9.53 Å². The third-order valence-electron chi connectivity index (χ3n) is 3.00. The van der Waals surface area contributed by atoms with Crippen molar-refractivity contribution >= 4 is 5.97 Å². The number of carbonyl (C=O) groups is 1. The molecule has 0 saturated heterocycles. The van der Waals surface area contributed by atoms with E-state index in [-0.39, 0.29) is 12.0 Å². The molecule has 0 spiro atoms. The second-order valence-corrected chi connectivity index (χ2v) is 4.62. The van der Waals surface area contributed by atoms with E-state index >= 15 is 0 Å². The normalized spacial score (nSPS) is 12.6. The lowest BCUT2D eigenvalue weighted by Crippen LogP contribution is -2.24. The molecule has 1 atom stereocenters. The van der Waals surface area contributed by atoms with Crippen LogP contribution in [0.5, 0.6) is 0 Å². The van der Waals surface area contributed by atoms with E-state index < -0.39 is 0 Å². The maximum atomic E-state index is 11.4. The molecule has 1 aromatic rings. The number of nitrogens with zero attached hydrogens (tertiary/aromatic N) is 1. The van der Waals surface area contributed by atoms with Crippen molar-refractivity contribution in [2.24, 2.45) is 0 Å². The van der Waals surface area contributed by atoms with Crippen molar-refractivity contribution in [3.63, 3.8) is 0 Å². The molecule has 0 aliphatic rings. The number of aryl methyl sites for hydroxylation is 2. The molecule has 0 N–H and O–H groups in total. The fourth-order valence-electron chi connectivity index (χ4n) is 1.93. The van der Waals surface area contributed by atoms with E-state index in [2.05, 4.69) is 36.9 Å². The van der Waals surface area contributed by atoms with Gasteiger partial charge in [-0.25, -0.2) is 0 Å². The van der Waals surface area contributed by atoms with Crippen molar-refractivity contribution in [3.05, 3.63) is 34.9 Å². The van der Waals surface area contributed by atoms with Crippen LogP contribution in [0.1, 0.15) is 29.2 Å². The second-order valence-electron chi connectivity index (χ2n) is 4.62. The average Bonchev–Trinajstić information content (AvgIpc) is 2.28. The van der Waals surface area contributed by atoms with E-state index in [1.54, 1.807) is 0 Å². The van der Waals surface area contributed by atoms with Gasteiger partial charge in [0.15, 0.2) is 0 Å². The molecular formula is C14H21NO2. The van der Waals surface area contributed by atoms with Crippen molar-refractivity contribution in [2.45, 2.75) is 26.3 Å². The van der Waals surface area contributed by atoms with Crippen LogP contribution >= 0.6 is 0 Å². The van der Waals surface area contributed by atoms with Crippen molar-refractivity contribution < 1.29 is 9.53 Å². The van der Waals surface area contributed by atoms with Gasteiger partial charge in [-0.15, -0.1) is 0 Å². The number of esters is 1. The highest BCUT2D eigenvalue weighted by Crippen LogP contribution is 2.26. The third kappa shape index (κ3) is 3.56. The highest BCUT2D eigenvalue weighted by Gasteiger charge is 2.20. The van der Waals surface area contributed by atoms with E-state index in [9.17, 15) is 4.79 Å². The smallest absolute Gasteiger partial charge is 0.307 e. The summed E-state index contributed by atoms with van der Waals surface area (Å²) in [7, 11) is 5.39. The minimum atomic E-state index is -0.176. The van der Waals surface area contributed by atoms with Gasteiger partial charge in [0.05, 0.1) is 13.5 Å². The van der Waals surface area contributed by atoms with E-state index in [0.29, 0.717) is 6.42 Å². The summed E-state index contributed by atoms with van der Waals surface area (Å²) in [5.74, 6) is -0.176. The van der Waals surface area contributed by atoms with Gasteiger partial charge in [-0.2, -0.15) is 0 Å². The Kier molecular flexibility index (Phi) is 4.70. The first-order valence-electron chi connectivity index (χ1n) is 5.76. The summed E-state index contributed by atoms with van der Waals surface area (Å²) in [6.45, 7) is 4.14. The molecule has 0 fully saturated rings. The Morgan fingerprint density at radius 3 is 2.53 bits per heavy atom. The molecular weight excluding hydrogens is 214 g/mol. The molecule has 0 aliphatic heterocycles. The topological polar surface area (TPSA) is 29.5 Å². The Balaban J connectivity index is 3.05. The molecule has 0 radical (unpaired) electrons. The maximum Gasteiger partial charge on any atom is 0.307 e. The SMILES string of the molecule is COC(=O)CC(c1cc(C)ccc1C)N(C)C. The van der Waals surface area contributed by atoms with Gasteiger partial charge in [-0.3, -0.25) is 4.79 Å². The molecule has 1 unspecified atom stereocenters. The van der Waals surface area contributed by atoms with Crippen molar-refractivity contribution in [1.82, 2.24) is 4.90 Å². The highest BCUT2D eigenvalue weighted by molar-refractivity contribution is 5.70. The zero-order valence-corrected chi connectivity index (χ0v) is 11.3. The molecule has 17 heavy (non-hydrogen) atoms. The fraction of sp³-hybridized carbons (Fsp3) is 0.500. The van der Waals surface area contributed by atoms with Gasteiger partial charge in [-0.1, -0.05) is 23.8 Å². The molecule has 0 amide bonds. The number of methoxy groups -OCH3 is 1. The predicted octanol–water partition coefficient (Wildman–Crippen LogP) is 2.47. The van der Waals surface area contributed by atoms with Crippen molar-refractivity contribution in [2.75, 3.05) is 21.2 Å². The molecule has 0 heterocycles. The van der Waals surface area contributed by atoms with E-state index in [4.69, 9.17) is 4.74 Å². The van der Waals surface area contributed by atoms with Crippen molar-refractivity contribution in [3.8, 4) is 0 Å². The first-order valence-corrected chi connectivity index (χ1v) is 5.76.